The summed E-state index contributed by atoms with van der Waals surface area (Å²) in [6.45, 7) is -0.206. The molecule has 0 aliphatic heterocycles. The van der Waals surface area contributed by atoms with Crippen LogP contribution in [-0.2, 0) is 17.5 Å². The Labute approximate surface area is 161 Å². The van der Waals surface area contributed by atoms with Gasteiger partial charge >= 0.3 is 6.18 Å². The lowest BCUT2D eigenvalue weighted by molar-refractivity contribution is -0.137. The van der Waals surface area contributed by atoms with E-state index in [2.05, 4.69) is 5.32 Å². The van der Waals surface area contributed by atoms with Crippen LogP contribution in [0.2, 0.25) is 10.0 Å². The van der Waals surface area contributed by atoms with E-state index < -0.39 is 22.7 Å². The molecule has 2 aromatic carbocycles. The van der Waals surface area contributed by atoms with Crippen LogP contribution >= 0.6 is 23.2 Å². The van der Waals surface area contributed by atoms with Crippen LogP contribution in [0.3, 0.4) is 0 Å². The molecule has 3 aromatic rings. The summed E-state index contributed by atoms with van der Waals surface area (Å²) in [7, 11) is 0. The monoisotopic (exact) mass is 414 g/mol. The summed E-state index contributed by atoms with van der Waals surface area (Å²) in [5.74, 6) is -0.564. The average Bonchev–Trinajstić information content (AvgIpc) is 2.58. The molecule has 0 saturated heterocycles. The number of hydrogen-bond acceptors (Lipinski definition) is 2. The van der Waals surface area contributed by atoms with E-state index in [1.54, 1.807) is 12.1 Å². The number of pyridine rings is 1. The third kappa shape index (κ3) is 4.26. The number of aromatic nitrogens is 1. The Morgan fingerprint density at radius 2 is 1.81 bits per heavy atom. The summed E-state index contributed by atoms with van der Waals surface area (Å²) in [4.78, 5) is 24.2. The number of nitrogens with one attached hydrogen (secondary N) is 1. The molecule has 0 saturated carbocycles. The highest BCUT2D eigenvalue weighted by Gasteiger charge is 2.33. The van der Waals surface area contributed by atoms with E-state index in [9.17, 15) is 22.8 Å². The van der Waals surface area contributed by atoms with E-state index in [4.69, 9.17) is 23.2 Å². The second-order valence-electron chi connectivity index (χ2n) is 5.71. The van der Waals surface area contributed by atoms with Crippen LogP contribution in [0, 0.1) is 0 Å². The van der Waals surface area contributed by atoms with E-state index in [0.717, 1.165) is 12.1 Å². The lowest BCUT2D eigenvalue weighted by atomic mass is 10.2. The number of anilines is 1. The van der Waals surface area contributed by atoms with Gasteiger partial charge in [-0.3, -0.25) is 9.59 Å². The first-order valence-electron chi connectivity index (χ1n) is 7.60. The molecule has 0 aliphatic rings. The highest BCUT2D eigenvalue weighted by atomic mass is 35.5. The molecular formula is C18H11Cl2F3N2O2. The maximum absolute atomic E-state index is 12.9. The Balaban J connectivity index is 1.86. The van der Waals surface area contributed by atoms with Crippen molar-refractivity contribution in [3.05, 3.63) is 74.5 Å². The van der Waals surface area contributed by atoms with Gasteiger partial charge in [-0.05, 0) is 36.4 Å². The van der Waals surface area contributed by atoms with E-state index in [-0.39, 0.29) is 17.7 Å². The van der Waals surface area contributed by atoms with Crippen LogP contribution in [0.5, 0.6) is 0 Å². The highest BCUT2D eigenvalue weighted by Crippen LogP contribution is 2.36. The van der Waals surface area contributed by atoms with Gasteiger partial charge in [-0.15, -0.1) is 0 Å². The molecule has 0 spiro atoms. The molecule has 1 aromatic heterocycles. The first-order chi connectivity index (χ1) is 12.6. The van der Waals surface area contributed by atoms with Gasteiger partial charge in [-0.1, -0.05) is 23.2 Å². The first-order valence-corrected chi connectivity index (χ1v) is 8.36. The van der Waals surface area contributed by atoms with E-state index in [0.29, 0.717) is 15.9 Å². The molecule has 3 rings (SSSR count). The first kappa shape index (κ1) is 19.3. The summed E-state index contributed by atoms with van der Waals surface area (Å²) in [6, 6.07) is 9.06. The number of amides is 1. The Morgan fingerprint density at radius 1 is 1.07 bits per heavy atom. The third-order valence-electron chi connectivity index (χ3n) is 3.81. The number of rotatable bonds is 3. The Hall–Kier alpha value is -2.51. The van der Waals surface area contributed by atoms with Gasteiger partial charge in [0, 0.05) is 28.4 Å². The Bertz CT molecular complexity index is 1090. The predicted octanol–water partition coefficient (Wildman–Crippen LogP) is 4.97. The number of halogens is 5. The second kappa shape index (κ2) is 7.25. The average molecular weight is 415 g/mol. The fourth-order valence-electron chi connectivity index (χ4n) is 2.60. The molecule has 1 heterocycles. The normalized spacial score (nSPS) is 11.6. The molecule has 1 N–H and O–H groups in total. The maximum atomic E-state index is 12.9. The van der Waals surface area contributed by atoms with E-state index in [1.165, 1.54) is 29.0 Å². The lowest BCUT2D eigenvalue weighted by Gasteiger charge is -2.13. The zero-order valence-corrected chi connectivity index (χ0v) is 15.0. The van der Waals surface area contributed by atoms with Crippen LogP contribution in [0.1, 0.15) is 5.56 Å². The molecule has 0 atom stereocenters. The summed E-state index contributed by atoms with van der Waals surface area (Å²) >= 11 is 11.5. The van der Waals surface area contributed by atoms with Crippen molar-refractivity contribution in [1.29, 1.82) is 0 Å². The van der Waals surface area contributed by atoms with Crippen molar-refractivity contribution in [1.82, 2.24) is 4.57 Å². The standard InChI is InChI=1S/C18H11Cl2F3N2O2/c19-10-1-4-15-12(7-10)16(26)5-6-25(15)9-17(27)24-11-2-3-14(20)13(8-11)18(21,22)23/h1-8H,9H2,(H,24,27). The molecule has 0 fully saturated rings. The SMILES string of the molecule is O=C(Cn1ccc(=O)c2cc(Cl)ccc21)Nc1ccc(Cl)c(C(F)(F)F)c1. The number of fused-ring (bicyclic) bond motifs is 1. The zero-order chi connectivity index (χ0) is 19.8. The quantitative estimate of drug-likeness (QED) is 0.657. The van der Waals surface area contributed by atoms with Crippen molar-refractivity contribution >= 4 is 45.7 Å². The molecule has 0 radical (unpaired) electrons. The van der Waals surface area contributed by atoms with Gasteiger partial charge in [-0.25, -0.2) is 0 Å². The minimum atomic E-state index is -4.63. The van der Waals surface area contributed by atoms with Gasteiger partial charge in [-0.2, -0.15) is 13.2 Å². The lowest BCUT2D eigenvalue weighted by Crippen LogP contribution is -2.20. The van der Waals surface area contributed by atoms with E-state index in [1.807, 2.05) is 0 Å². The zero-order valence-electron chi connectivity index (χ0n) is 13.5. The summed E-state index contributed by atoms with van der Waals surface area (Å²) in [6.07, 6.45) is -3.20. The smallest absolute Gasteiger partial charge is 0.338 e. The fourth-order valence-corrected chi connectivity index (χ4v) is 2.99. The number of nitrogens with zero attached hydrogens (tertiary/aromatic N) is 1. The molecule has 1 amide bonds. The second-order valence-corrected chi connectivity index (χ2v) is 6.55. The van der Waals surface area contributed by atoms with Gasteiger partial charge < -0.3 is 9.88 Å². The summed E-state index contributed by atoms with van der Waals surface area (Å²) in [5, 5.41) is 2.66. The maximum Gasteiger partial charge on any atom is 0.417 e. The number of alkyl halides is 3. The molecular weight excluding hydrogens is 404 g/mol. The van der Waals surface area contributed by atoms with Crippen LogP contribution in [0.15, 0.2) is 53.5 Å². The molecule has 27 heavy (non-hydrogen) atoms. The minimum absolute atomic E-state index is 0.0369. The van der Waals surface area contributed by atoms with Gasteiger partial charge in [0.25, 0.3) is 0 Å². The highest BCUT2D eigenvalue weighted by molar-refractivity contribution is 6.31. The van der Waals surface area contributed by atoms with Crippen molar-refractivity contribution < 1.29 is 18.0 Å². The summed E-state index contributed by atoms with van der Waals surface area (Å²) in [5.41, 5.74) is -0.846. The van der Waals surface area contributed by atoms with Gasteiger partial charge in [0.2, 0.25) is 5.91 Å². The Kier molecular flexibility index (Phi) is 5.17. The Morgan fingerprint density at radius 3 is 2.52 bits per heavy atom. The molecule has 140 valence electrons. The molecule has 0 aliphatic carbocycles. The third-order valence-corrected chi connectivity index (χ3v) is 4.37. The van der Waals surface area contributed by atoms with Crippen LogP contribution in [0.25, 0.3) is 10.9 Å². The largest absolute Gasteiger partial charge is 0.417 e. The van der Waals surface area contributed by atoms with Crippen molar-refractivity contribution in [2.45, 2.75) is 12.7 Å². The predicted molar refractivity (Wildman–Crippen MR) is 98.3 cm³/mol. The van der Waals surface area contributed by atoms with Gasteiger partial charge in [0.15, 0.2) is 5.43 Å². The van der Waals surface area contributed by atoms with Crippen molar-refractivity contribution in [2.24, 2.45) is 0 Å². The molecule has 4 nitrogen and oxygen atoms in total. The molecule has 9 heteroatoms. The number of benzene rings is 2. The van der Waals surface area contributed by atoms with Crippen molar-refractivity contribution in [3.8, 4) is 0 Å². The van der Waals surface area contributed by atoms with Gasteiger partial charge in [0.05, 0.1) is 16.1 Å². The fraction of sp³-hybridized carbons (Fsp3) is 0.111. The minimum Gasteiger partial charge on any atom is -0.338 e. The number of carbonyl (C=O) groups excluding carboxylic acids is 1. The molecule has 0 unspecified atom stereocenters. The van der Waals surface area contributed by atoms with Crippen LogP contribution in [0.4, 0.5) is 18.9 Å². The topological polar surface area (TPSA) is 51.1 Å². The number of hydrogen-bond donors (Lipinski definition) is 1. The number of carbonyl (C=O) groups is 1. The van der Waals surface area contributed by atoms with Crippen LogP contribution < -0.4 is 10.7 Å². The van der Waals surface area contributed by atoms with Crippen molar-refractivity contribution in [3.63, 3.8) is 0 Å². The van der Waals surface area contributed by atoms with Gasteiger partial charge in [0.1, 0.15) is 6.54 Å². The van der Waals surface area contributed by atoms with E-state index >= 15 is 0 Å². The molecule has 0 bridgehead atoms. The van der Waals surface area contributed by atoms with Crippen LogP contribution in [-0.4, -0.2) is 10.5 Å². The van der Waals surface area contributed by atoms with Crippen molar-refractivity contribution in [2.75, 3.05) is 5.32 Å². The summed E-state index contributed by atoms with van der Waals surface area (Å²) < 4.78 is 40.3.